The number of hydrogen-bond acceptors (Lipinski definition) is 5. The van der Waals surface area contributed by atoms with Gasteiger partial charge in [0.15, 0.2) is 0 Å². The Hall–Kier alpha value is -3.15. The number of nitrogens with zero attached hydrogens (tertiary/aromatic N) is 2. The smallest absolute Gasteiger partial charge is 0.252 e. The van der Waals surface area contributed by atoms with Crippen molar-refractivity contribution in [2.45, 2.75) is 84.0 Å². The molecule has 1 aromatic heterocycles. The largest absolute Gasteiger partial charge is 0.508 e. The van der Waals surface area contributed by atoms with E-state index in [2.05, 4.69) is 56.3 Å². The van der Waals surface area contributed by atoms with Gasteiger partial charge in [-0.3, -0.25) is 0 Å². The third-order valence-corrected chi connectivity index (χ3v) is 7.43. The zero-order chi connectivity index (χ0) is 25.0. The van der Waals surface area contributed by atoms with Crippen LogP contribution in [-0.4, -0.2) is 27.1 Å². The lowest BCUT2D eigenvalue weighted by Gasteiger charge is -2.51. The number of aryl methyl sites for hydroxylation is 3. The average Bonchev–Trinajstić information content (AvgIpc) is 3.26. The summed E-state index contributed by atoms with van der Waals surface area (Å²) in [6.45, 7) is 14.4. The number of aromatic hydroxyl groups is 1. The first kappa shape index (κ1) is 23.6. The van der Waals surface area contributed by atoms with Gasteiger partial charge in [0, 0.05) is 53.7 Å². The minimum absolute atomic E-state index is 0.171. The Morgan fingerprint density at radius 1 is 0.943 bits per heavy atom. The van der Waals surface area contributed by atoms with Gasteiger partial charge in [0.25, 0.3) is 5.79 Å². The lowest BCUT2D eigenvalue weighted by Crippen LogP contribution is -2.55. The van der Waals surface area contributed by atoms with E-state index in [0.29, 0.717) is 18.8 Å². The van der Waals surface area contributed by atoms with Gasteiger partial charge in [0.1, 0.15) is 23.0 Å². The molecule has 5 rings (SSSR count). The molecule has 2 aliphatic heterocycles. The normalized spacial score (nSPS) is 21.5. The number of benzene rings is 2. The molecule has 2 aromatic carbocycles. The van der Waals surface area contributed by atoms with Gasteiger partial charge in [-0.2, -0.15) is 0 Å². The monoisotopic (exact) mass is 476 g/mol. The van der Waals surface area contributed by atoms with E-state index in [9.17, 15) is 5.11 Å². The fraction of sp³-hybridized carbons (Fsp3) is 0.483. The van der Waals surface area contributed by atoms with Gasteiger partial charge < -0.3 is 23.9 Å². The van der Waals surface area contributed by atoms with Crippen molar-refractivity contribution in [2.24, 2.45) is 0 Å². The molecule has 35 heavy (non-hydrogen) atoms. The van der Waals surface area contributed by atoms with Crippen LogP contribution in [0.4, 0.5) is 0 Å². The molecule has 1 spiro atoms. The summed E-state index contributed by atoms with van der Waals surface area (Å²) in [4.78, 5) is 4.09. The van der Waals surface area contributed by atoms with Crippen LogP contribution in [-0.2, 0) is 17.4 Å². The summed E-state index contributed by atoms with van der Waals surface area (Å²) in [6, 6.07) is 8.03. The van der Waals surface area contributed by atoms with Crippen LogP contribution in [0.2, 0.25) is 0 Å². The number of phenols is 1. The second-order valence-corrected chi connectivity index (χ2v) is 11.5. The second-order valence-electron chi connectivity index (χ2n) is 11.5. The summed E-state index contributed by atoms with van der Waals surface area (Å²) in [5.41, 5.74) is 3.64. The van der Waals surface area contributed by atoms with E-state index in [1.54, 1.807) is 6.20 Å². The number of ether oxygens (including phenoxy) is 3. The topological polar surface area (TPSA) is 65.7 Å². The summed E-state index contributed by atoms with van der Waals surface area (Å²) >= 11 is 0. The molecule has 0 saturated carbocycles. The molecule has 1 atom stereocenters. The van der Waals surface area contributed by atoms with Crippen LogP contribution >= 0.6 is 0 Å². The zero-order valence-electron chi connectivity index (χ0n) is 21.6. The molecule has 0 amide bonds. The fourth-order valence-corrected chi connectivity index (χ4v) is 5.73. The number of rotatable bonds is 5. The molecular formula is C29H36N2O4. The van der Waals surface area contributed by atoms with Crippen LogP contribution in [0, 0.1) is 13.8 Å². The summed E-state index contributed by atoms with van der Waals surface area (Å²) in [6.07, 6.45) is 7.92. The first-order valence-electron chi connectivity index (χ1n) is 12.4. The van der Waals surface area contributed by atoms with E-state index >= 15 is 0 Å². The lowest BCUT2D eigenvalue weighted by molar-refractivity contribution is -0.166. The van der Waals surface area contributed by atoms with Gasteiger partial charge in [-0.25, -0.2) is 4.98 Å². The van der Waals surface area contributed by atoms with Gasteiger partial charge in [0.05, 0.1) is 12.9 Å². The van der Waals surface area contributed by atoms with Crippen LogP contribution in [0.15, 0.2) is 43.0 Å². The standard InChI is InChI=1S/C29H36N2O4/c1-19-12-25-21(14-23(19)32)27(3,4)16-29(34-25)17-28(5,6)22-15-24(20(2)13-26(22)35-29)33-11-7-9-31-10-8-30-18-31/h8,10,12-15,18,32H,7,9,11,16-17H2,1-6H3. The van der Waals surface area contributed by atoms with Crippen LogP contribution in [0.5, 0.6) is 23.0 Å². The molecule has 6 heteroatoms. The SMILES string of the molecule is Cc1cc2c(cc1O)C(C)(C)CC1(CC(C)(C)c3cc(OCCCn4ccnc4)c(C)cc3O1)O2. The first-order valence-corrected chi connectivity index (χ1v) is 12.4. The number of aromatic nitrogens is 2. The van der Waals surface area contributed by atoms with Crippen molar-refractivity contribution < 1.29 is 19.3 Å². The van der Waals surface area contributed by atoms with Crippen molar-refractivity contribution in [2.75, 3.05) is 6.61 Å². The molecule has 3 heterocycles. The maximum absolute atomic E-state index is 10.3. The summed E-state index contributed by atoms with van der Waals surface area (Å²) < 4.78 is 21.6. The number of hydrogen-bond donors (Lipinski definition) is 1. The van der Waals surface area contributed by atoms with E-state index in [4.69, 9.17) is 14.2 Å². The molecule has 6 nitrogen and oxygen atoms in total. The van der Waals surface area contributed by atoms with Gasteiger partial charge >= 0.3 is 0 Å². The molecule has 0 fully saturated rings. The Morgan fingerprint density at radius 2 is 1.57 bits per heavy atom. The summed E-state index contributed by atoms with van der Waals surface area (Å²) in [7, 11) is 0. The molecule has 1 unspecified atom stereocenters. The third kappa shape index (κ3) is 4.35. The number of phenolic OH excluding ortho intramolecular Hbond substituents is 1. The van der Waals surface area contributed by atoms with Crippen molar-refractivity contribution in [1.82, 2.24) is 9.55 Å². The highest BCUT2D eigenvalue weighted by Crippen LogP contribution is 2.55. The number of imidazole rings is 1. The van der Waals surface area contributed by atoms with E-state index in [0.717, 1.165) is 58.9 Å². The Kier molecular flexibility index (Phi) is 5.53. The second kappa shape index (κ2) is 8.21. The van der Waals surface area contributed by atoms with Crippen molar-refractivity contribution >= 4 is 0 Å². The van der Waals surface area contributed by atoms with E-state index in [1.807, 2.05) is 31.6 Å². The zero-order valence-corrected chi connectivity index (χ0v) is 21.6. The Balaban J connectivity index is 1.40. The Bertz CT molecular complexity index is 1250. The molecule has 186 valence electrons. The summed E-state index contributed by atoms with van der Waals surface area (Å²) in [5, 5.41) is 10.3. The fourth-order valence-electron chi connectivity index (χ4n) is 5.73. The number of fused-ring (bicyclic) bond motifs is 2. The van der Waals surface area contributed by atoms with Crippen molar-refractivity contribution in [3.8, 4) is 23.0 Å². The predicted octanol–water partition coefficient (Wildman–Crippen LogP) is 6.19. The van der Waals surface area contributed by atoms with Gasteiger partial charge in [0.2, 0.25) is 0 Å². The maximum Gasteiger partial charge on any atom is 0.252 e. The molecule has 0 radical (unpaired) electrons. The molecule has 2 aliphatic rings. The molecule has 3 aromatic rings. The molecule has 0 aliphatic carbocycles. The lowest BCUT2D eigenvalue weighted by atomic mass is 9.69. The van der Waals surface area contributed by atoms with Gasteiger partial charge in [-0.1, -0.05) is 27.7 Å². The van der Waals surface area contributed by atoms with E-state index in [1.165, 1.54) is 0 Å². The highest BCUT2D eigenvalue weighted by atomic mass is 16.7. The molecule has 0 bridgehead atoms. The molecule has 1 N–H and O–H groups in total. The van der Waals surface area contributed by atoms with Crippen molar-refractivity contribution in [3.63, 3.8) is 0 Å². The molecular weight excluding hydrogens is 440 g/mol. The average molecular weight is 477 g/mol. The maximum atomic E-state index is 10.3. The summed E-state index contributed by atoms with van der Waals surface area (Å²) in [5.74, 6) is 2.10. The Labute approximate surface area is 207 Å². The quantitative estimate of drug-likeness (QED) is 0.445. The van der Waals surface area contributed by atoms with E-state index in [-0.39, 0.29) is 10.8 Å². The van der Waals surface area contributed by atoms with E-state index < -0.39 is 5.79 Å². The molecule has 0 saturated heterocycles. The first-order chi connectivity index (χ1) is 16.5. The predicted molar refractivity (Wildman–Crippen MR) is 136 cm³/mol. The van der Waals surface area contributed by atoms with Crippen molar-refractivity contribution in [1.29, 1.82) is 0 Å². The van der Waals surface area contributed by atoms with Gasteiger partial charge in [-0.15, -0.1) is 0 Å². The minimum atomic E-state index is -0.768. The van der Waals surface area contributed by atoms with Crippen LogP contribution in [0.25, 0.3) is 0 Å². The highest BCUT2D eigenvalue weighted by Gasteiger charge is 2.53. The van der Waals surface area contributed by atoms with Crippen LogP contribution in [0.3, 0.4) is 0 Å². The van der Waals surface area contributed by atoms with Crippen LogP contribution < -0.4 is 14.2 Å². The van der Waals surface area contributed by atoms with Gasteiger partial charge in [-0.05, 0) is 55.7 Å². The highest BCUT2D eigenvalue weighted by molar-refractivity contribution is 5.53. The third-order valence-electron chi connectivity index (χ3n) is 7.43. The van der Waals surface area contributed by atoms with Crippen LogP contribution in [0.1, 0.15) is 69.2 Å². The Morgan fingerprint density at radius 3 is 2.20 bits per heavy atom. The van der Waals surface area contributed by atoms with Crippen molar-refractivity contribution in [3.05, 3.63) is 65.2 Å². The minimum Gasteiger partial charge on any atom is -0.508 e.